The van der Waals surface area contributed by atoms with Gasteiger partial charge in [-0.05, 0) is 6.92 Å². The Labute approximate surface area is 72.9 Å². The third-order valence-electron chi connectivity index (χ3n) is 1.38. The number of nitrogens with zero attached hydrogens (tertiary/aromatic N) is 1. The minimum Gasteiger partial charge on any atom is -0.465 e. The highest BCUT2D eigenvalue weighted by Gasteiger charge is 2.35. The van der Waals surface area contributed by atoms with Crippen LogP contribution in [0.1, 0.15) is 6.92 Å². The zero-order chi connectivity index (χ0) is 10.6. The summed E-state index contributed by atoms with van der Waals surface area (Å²) >= 11 is 0. The summed E-state index contributed by atoms with van der Waals surface area (Å²) < 4.78 is 39.9. The molecule has 0 aromatic heterocycles. The van der Waals surface area contributed by atoms with Crippen molar-refractivity contribution < 1.29 is 27.8 Å². The van der Waals surface area contributed by atoms with Crippen LogP contribution >= 0.6 is 0 Å². The monoisotopic (exact) mass is 201 g/mol. The second-order valence-corrected chi connectivity index (χ2v) is 2.36. The lowest BCUT2D eigenvalue weighted by Gasteiger charge is -2.25. The zero-order valence-corrected chi connectivity index (χ0v) is 7.13. The Balaban J connectivity index is 4.36. The number of hydrogen-bond acceptors (Lipinski definition) is 2. The first-order valence-electron chi connectivity index (χ1n) is 3.37. The zero-order valence-electron chi connectivity index (χ0n) is 7.13. The van der Waals surface area contributed by atoms with Gasteiger partial charge in [0, 0.05) is 7.11 Å². The summed E-state index contributed by atoms with van der Waals surface area (Å²) in [6.45, 7) is -0.308. The molecule has 7 heteroatoms. The molecule has 0 aliphatic carbocycles. The van der Waals surface area contributed by atoms with Crippen molar-refractivity contribution in [1.82, 2.24) is 4.90 Å². The molecule has 1 amide bonds. The molecule has 1 unspecified atom stereocenters. The number of alkyl halides is 3. The van der Waals surface area contributed by atoms with Crippen molar-refractivity contribution in [2.24, 2.45) is 0 Å². The van der Waals surface area contributed by atoms with E-state index in [0.29, 0.717) is 0 Å². The largest absolute Gasteiger partial charge is 0.465 e. The fourth-order valence-corrected chi connectivity index (χ4v) is 0.672. The Kier molecular flexibility index (Phi) is 3.99. The standard InChI is InChI=1S/C6H10F3NO3/c1-4(13-2)10(5(11)12)3-6(7,8)9/h4H,3H2,1-2H3,(H,11,12). The van der Waals surface area contributed by atoms with Gasteiger partial charge in [0.05, 0.1) is 0 Å². The van der Waals surface area contributed by atoms with Gasteiger partial charge in [-0.25, -0.2) is 4.79 Å². The van der Waals surface area contributed by atoms with E-state index in [2.05, 4.69) is 4.74 Å². The molecular weight excluding hydrogens is 191 g/mol. The number of hydrogen-bond donors (Lipinski definition) is 1. The molecular formula is C6H10F3NO3. The summed E-state index contributed by atoms with van der Waals surface area (Å²) in [5, 5.41) is 8.38. The quantitative estimate of drug-likeness (QED) is 0.704. The average molecular weight is 201 g/mol. The third-order valence-corrected chi connectivity index (χ3v) is 1.38. The summed E-state index contributed by atoms with van der Waals surface area (Å²) in [4.78, 5) is 10.5. The van der Waals surface area contributed by atoms with Gasteiger partial charge in [0.2, 0.25) is 0 Å². The van der Waals surface area contributed by atoms with E-state index in [1.807, 2.05) is 0 Å². The van der Waals surface area contributed by atoms with Crippen LogP contribution in [0, 0.1) is 0 Å². The molecule has 4 nitrogen and oxygen atoms in total. The molecule has 0 fully saturated rings. The molecule has 0 aliphatic rings. The SMILES string of the molecule is COC(C)N(CC(F)(F)F)C(=O)O. The maximum atomic E-state index is 11.8. The molecule has 0 aromatic rings. The van der Waals surface area contributed by atoms with Crippen LogP contribution in [-0.2, 0) is 4.74 Å². The van der Waals surface area contributed by atoms with Crippen molar-refractivity contribution in [2.45, 2.75) is 19.3 Å². The number of ether oxygens (including phenoxy) is 1. The number of halogens is 3. The van der Waals surface area contributed by atoms with E-state index in [9.17, 15) is 18.0 Å². The Bertz CT molecular complexity index is 182. The van der Waals surface area contributed by atoms with Crippen molar-refractivity contribution in [2.75, 3.05) is 13.7 Å². The van der Waals surface area contributed by atoms with Gasteiger partial charge < -0.3 is 9.84 Å². The van der Waals surface area contributed by atoms with Crippen LogP contribution in [-0.4, -0.2) is 42.2 Å². The van der Waals surface area contributed by atoms with Crippen molar-refractivity contribution >= 4 is 6.09 Å². The van der Waals surface area contributed by atoms with Crippen molar-refractivity contribution in [3.8, 4) is 0 Å². The van der Waals surface area contributed by atoms with Gasteiger partial charge in [-0.1, -0.05) is 0 Å². The smallest absolute Gasteiger partial charge is 0.409 e. The Hall–Kier alpha value is -0.980. The van der Waals surface area contributed by atoms with Crippen molar-refractivity contribution in [1.29, 1.82) is 0 Å². The molecule has 0 spiro atoms. The third kappa shape index (κ3) is 4.56. The van der Waals surface area contributed by atoms with Crippen molar-refractivity contribution in [3.63, 3.8) is 0 Å². The maximum absolute atomic E-state index is 11.8. The van der Waals surface area contributed by atoms with E-state index in [1.165, 1.54) is 6.92 Å². The molecule has 0 bridgehead atoms. The van der Waals surface area contributed by atoms with E-state index in [4.69, 9.17) is 5.11 Å². The first kappa shape index (κ1) is 12.0. The van der Waals surface area contributed by atoms with Crippen LogP contribution in [0.3, 0.4) is 0 Å². The minimum absolute atomic E-state index is 0.167. The average Bonchev–Trinajstić information content (AvgIpc) is 1.96. The Morgan fingerprint density at radius 1 is 1.62 bits per heavy atom. The van der Waals surface area contributed by atoms with Crippen LogP contribution in [0.4, 0.5) is 18.0 Å². The van der Waals surface area contributed by atoms with Gasteiger partial charge in [-0.2, -0.15) is 13.2 Å². The van der Waals surface area contributed by atoms with E-state index in [-0.39, 0.29) is 4.90 Å². The predicted molar refractivity (Wildman–Crippen MR) is 37.3 cm³/mol. The number of methoxy groups -OCH3 is 1. The Morgan fingerprint density at radius 2 is 2.08 bits per heavy atom. The second kappa shape index (κ2) is 4.31. The van der Waals surface area contributed by atoms with Crippen LogP contribution in [0.15, 0.2) is 0 Å². The fraction of sp³-hybridized carbons (Fsp3) is 0.833. The predicted octanol–water partition coefficient (Wildman–Crippen LogP) is 1.52. The second-order valence-electron chi connectivity index (χ2n) is 2.36. The summed E-state index contributed by atoms with van der Waals surface area (Å²) in [5.74, 6) is 0. The van der Waals surface area contributed by atoms with Gasteiger partial charge in [0.15, 0.2) is 0 Å². The number of rotatable bonds is 3. The van der Waals surface area contributed by atoms with Gasteiger partial charge in [-0.3, -0.25) is 4.90 Å². The van der Waals surface area contributed by atoms with Gasteiger partial charge in [0.25, 0.3) is 0 Å². The highest BCUT2D eigenvalue weighted by atomic mass is 19.4. The maximum Gasteiger partial charge on any atom is 0.409 e. The van der Waals surface area contributed by atoms with Gasteiger partial charge in [-0.15, -0.1) is 0 Å². The van der Waals surface area contributed by atoms with Crippen LogP contribution in [0.2, 0.25) is 0 Å². The molecule has 13 heavy (non-hydrogen) atoms. The topological polar surface area (TPSA) is 49.8 Å². The van der Waals surface area contributed by atoms with Crippen LogP contribution < -0.4 is 0 Å². The summed E-state index contributed by atoms with van der Waals surface area (Å²) in [5.41, 5.74) is 0. The molecule has 0 radical (unpaired) electrons. The van der Waals surface area contributed by atoms with E-state index in [1.54, 1.807) is 0 Å². The molecule has 0 saturated heterocycles. The first-order valence-corrected chi connectivity index (χ1v) is 3.37. The molecule has 0 saturated carbocycles. The van der Waals surface area contributed by atoms with E-state index >= 15 is 0 Å². The van der Waals surface area contributed by atoms with Gasteiger partial charge in [0.1, 0.15) is 12.8 Å². The molecule has 1 atom stereocenters. The molecule has 0 aliphatic heterocycles. The molecule has 1 N–H and O–H groups in total. The summed E-state index contributed by atoms with van der Waals surface area (Å²) in [6.07, 6.45) is -7.32. The summed E-state index contributed by atoms with van der Waals surface area (Å²) in [6, 6.07) is 0. The normalized spacial score (nSPS) is 13.9. The molecule has 0 heterocycles. The van der Waals surface area contributed by atoms with Crippen molar-refractivity contribution in [3.05, 3.63) is 0 Å². The highest BCUT2D eigenvalue weighted by molar-refractivity contribution is 5.65. The fourth-order valence-electron chi connectivity index (χ4n) is 0.672. The lowest BCUT2D eigenvalue weighted by Crippen LogP contribution is -2.44. The number of amides is 1. The molecule has 0 aromatic carbocycles. The number of carboxylic acid groups (broad SMARTS) is 1. The van der Waals surface area contributed by atoms with Gasteiger partial charge >= 0.3 is 12.3 Å². The highest BCUT2D eigenvalue weighted by Crippen LogP contribution is 2.18. The minimum atomic E-state index is -4.55. The lowest BCUT2D eigenvalue weighted by molar-refractivity contribution is -0.160. The molecule has 0 rings (SSSR count). The van der Waals surface area contributed by atoms with Crippen LogP contribution in [0.5, 0.6) is 0 Å². The molecule has 78 valence electrons. The lowest BCUT2D eigenvalue weighted by atomic mass is 10.5. The van der Waals surface area contributed by atoms with Crippen LogP contribution in [0.25, 0.3) is 0 Å². The van der Waals surface area contributed by atoms with E-state index < -0.39 is 25.0 Å². The van der Waals surface area contributed by atoms with E-state index in [0.717, 1.165) is 7.11 Å². The Morgan fingerprint density at radius 3 is 2.31 bits per heavy atom. The first-order chi connectivity index (χ1) is 5.78. The summed E-state index contributed by atoms with van der Waals surface area (Å²) in [7, 11) is 1.14. The number of carbonyl (C=O) groups is 1.